The van der Waals surface area contributed by atoms with Gasteiger partial charge in [-0.1, -0.05) is 19.8 Å². The summed E-state index contributed by atoms with van der Waals surface area (Å²) in [6.45, 7) is 6.89. The molecule has 2 N–H and O–H groups in total. The molecule has 1 aromatic rings. The smallest absolute Gasteiger partial charge is 0.191 e. The Morgan fingerprint density at radius 3 is 2.84 bits per heavy atom. The fraction of sp³-hybridized carbons (Fsp3) is 0.737. The fourth-order valence-corrected chi connectivity index (χ4v) is 4.77. The Hall–Kier alpha value is -0.340. The molecule has 0 bridgehead atoms. The lowest BCUT2D eigenvalue weighted by Gasteiger charge is -2.22. The van der Waals surface area contributed by atoms with Gasteiger partial charge in [-0.15, -0.1) is 24.0 Å². The van der Waals surface area contributed by atoms with Gasteiger partial charge in [0.1, 0.15) is 0 Å². The Balaban J connectivity index is 0.00000225. The summed E-state index contributed by atoms with van der Waals surface area (Å²) < 4.78 is 0. The van der Waals surface area contributed by atoms with Gasteiger partial charge in [0, 0.05) is 39.3 Å². The molecule has 2 fully saturated rings. The lowest BCUT2D eigenvalue weighted by molar-refractivity contribution is 0.275. The van der Waals surface area contributed by atoms with Crippen molar-refractivity contribution in [2.45, 2.75) is 51.0 Å². The highest BCUT2D eigenvalue weighted by Crippen LogP contribution is 2.26. The van der Waals surface area contributed by atoms with Gasteiger partial charge in [-0.25, -0.2) is 0 Å². The van der Waals surface area contributed by atoms with Crippen molar-refractivity contribution in [2.75, 3.05) is 33.2 Å². The third kappa shape index (κ3) is 6.40. The van der Waals surface area contributed by atoms with Gasteiger partial charge in [0.05, 0.1) is 0 Å². The van der Waals surface area contributed by atoms with Gasteiger partial charge in [0.25, 0.3) is 0 Å². The van der Waals surface area contributed by atoms with E-state index in [0.29, 0.717) is 12.0 Å². The second-order valence-corrected chi connectivity index (χ2v) is 8.23. The summed E-state index contributed by atoms with van der Waals surface area (Å²) >= 11 is 1.77. The van der Waals surface area contributed by atoms with Crippen molar-refractivity contribution in [3.8, 4) is 0 Å². The van der Waals surface area contributed by atoms with Gasteiger partial charge in [-0.2, -0.15) is 11.3 Å². The molecule has 0 radical (unpaired) electrons. The van der Waals surface area contributed by atoms with E-state index in [-0.39, 0.29) is 24.0 Å². The number of halogens is 1. The van der Waals surface area contributed by atoms with Crippen LogP contribution in [0, 0.1) is 5.92 Å². The summed E-state index contributed by atoms with van der Waals surface area (Å²) in [5.74, 6) is 2.41. The van der Waals surface area contributed by atoms with Crippen molar-refractivity contribution < 1.29 is 0 Å². The number of aliphatic imine (C=N–C) groups is 1. The van der Waals surface area contributed by atoms with Crippen LogP contribution >= 0.6 is 35.3 Å². The number of nitrogens with one attached hydrogen (secondary N) is 2. The minimum absolute atomic E-state index is 0. The summed E-state index contributed by atoms with van der Waals surface area (Å²) in [6, 6.07) is 2.75. The fourth-order valence-electron chi connectivity index (χ4n) is 3.99. The van der Waals surface area contributed by atoms with Crippen LogP contribution in [-0.4, -0.2) is 50.1 Å². The number of hydrogen-bond donors (Lipinski definition) is 2. The topological polar surface area (TPSA) is 39.7 Å². The van der Waals surface area contributed by atoms with Gasteiger partial charge < -0.3 is 15.5 Å². The molecule has 2 heterocycles. The SMILES string of the molecule is CN=C(NCC(C)c1ccsc1)NC1CCN(CC2CCCC2)C1.I. The third-order valence-electron chi connectivity index (χ3n) is 5.52. The first-order valence-corrected chi connectivity index (χ1v) is 10.4. The molecule has 0 aromatic carbocycles. The lowest BCUT2D eigenvalue weighted by Crippen LogP contribution is -2.45. The normalized spacial score (nSPS) is 23.4. The predicted octanol–water partition coefficient (Wildman–Crippen LogP) is 3.90. The largest absolute Gasteiger partial charge is 0.356 e. The van der Waals surface area contributed by atoms with Gasteiger partial charge in [0.2, 0.25) is 0 Å². The van der Waals surface area contributed by atoms with Gasteiger partial charge in [-0.05, 0) is 53.5 Å². The molecular formula is C19H33IN4S. The van der Waals surface area contributed by atoms with Crippen LogP contribution in [-0.2, 0) is 0 Å². The molecule has 4 nitrogen and oxygen atoms in total. The highest BCUT2D eigenvalue weighted by Gasteiger charge is 2.26. The second kappa shape index (κ2) is 10.7. The highest BCUT2D eigenvalue weighted by molar-refractivity contribution is 14.0. The van der Waals surface area contributed by atoms with E-state index in [1.54, 1.807) is 11.3 Å². The van der Waals surface area contributed by atoms with Crippen LogP contribution < -0.4 is 10.6 Å². The van der Waals surface area contributed by atoms with Gasteiger partial charge in [0.15, 0.2) is 5.96 Å². The quantitative estimate of drug-likeness (QED) is 0.372. The lowest BCUT2D eigenvalue weighted by atomic mass is 10.1. The van der Waals surface area contributed by atoms with E-state index in [2.05, 4.69) is 44.3 Å². The summed E-state index contributed by atoms with van der Waals surface area (Å²) in [5, 5.41) is 11.5. The van der Waals surface area contributed by atoms with E-state index in [4.69, 9.17) is 0 Å². The molecule has 142 valence electrons. The van der Waals surface area contributed by atoms with Crippen molar-refractivity contribution in [1.82, 2.24) is 15.5 Å². The monoisotopic (exact) mass is 476 g/mol. The standard InChI is InChI=1S/C19H32N4S.HI/c1-15(17-8-10-24-14-17)11-21-19(20-2)22-18-7-9-23(13-18)12-16-5-3-4-6-16;/h8,10,14-16,18H,3-7,9,11-13H2,1-2H3,(H2,20,21,22);1H. The molecule has 1 aliphatic carbocycles. The molecule has 6 heteroatoms. The molecule has 1 aliphatic heterocycles. The molecule has 25 heavy (non-hydrogen) atoms. The molecule has 0 spiro atoms. The summed E-state index contributed by atoms with van der Waals surface area (Å²) in [4.78, 5) is 7.06. The molecule has 2 atom stereocenters. The number of likely N-dealkylation sites (tertiary alicyclic amines) is 1. The Kier molecular flexibility index (Phi) is 8.99. The first kappa shape index (κ1) is 21.0. The molecular weight excluding hydrogens is 443 g/mol. The summed E-state index contributed by atoms with van der Waals surface area (Å²) in [6.07, 6.45) is 7.00. The van der Waals surface area contributed by atoms with Gasteiger partial charge in [-0.3, -0.25) is 4.99 Å². The molecule has 2 aliphatic rings. The van der Waals surface area contributed by atoms with Crippen LogP contribution in [0.4, 0.5) is 0 Å². The first-order valence-electron chi connectivity index (χ1n) is 9.46. The van der Waals surface area contributed by atoms with Gasteiger partial charge >= 0.3 is 0 Å². The van der Waals surface area contributed by atoms with E-state index in [9.17, 15) is 0 Å². The van der Waals surface area contributed by atoms with Crippen molar-refractivity contribution in [2.24, 2.45) is 10.9 Å². The maximum absolute atomic E-state index is 4.41. The minimum Gasteiger partial charge on any atom is -0.356 e. The maximum atomic E-state index is 4.41. The molecule has 1 saturated carbocycles. The Morgan fingerprint density at radius 2 is 2.16 bits per heavy atom. The van der Waals surface area contributed by atoms with Crippen molar-refractivity contribution in [1.29, 1.82) is 0 Å². The third-order valence-corrected chi connectivity index (χ3v) is 6.22. The highest BCUT2D eigenvalue weighted by atomic mass is 127. The zero-order valence-electron chi connectivity index (χ0n) is 15.5. The van der Waals surface area contributed by atoms with E-state index >= 15 is 0 Å². The molecule has 3 rings (SSSR count). The molecule has 0 amide bonds. The summed E-state index contributed by atoms with van der Waals surface area (Å²) in [7, 11) is 1.87. The van der Waals surface area contributed by atoms with Crippen molar-refractivity contribution in [3.05, 3.63) is 22.4 Å². The number of nitrogens with zero attached hydrogens (tertiary/aromatic N) is 2. The number of guanidine groups is 1. The molecule has 1 aromatic heterocycles. The maximum Gasteiger partial charge on any atom is 0.191 e. The number of hydrogen-bond acceptors (Lipinski definition) is 3. The molecule has 1 saturated heterocycles. The Morgan fingerprint density at radius 1 is 1.36 bits per heavy atom. The molecule has 2 unspecified atom stereocenters. The van der Waals surface area contributed by atoms with E-state index in [1.165, 1.54) is 50.8 Å². The van der Waals surface area contributed by atoms with Crippen LogP contribution in [0.3, 0.4) is 0 Å². The predicted molar refractivity (Wildman–Crippen MR) is 119 cm³/mol. The van der Waals surface area contributed by atoms with Crippen LogP contribution in [0.2, 0.25) is 0 Å². The second-order valence-electron chi connectivity index (χ2n) is 7.45. The van der Waals surface area contributed by atoms with E-state index in [0.717, 1.165) is 25.0 Å². The van der Waals surface area contributed by atoms with E-state index < -0.39 is 0 Å². The van der Waals surface area contributed by atoms with Crippen LogP contribution in [0.15, 0.2) is 21.8 Å². The Bertz CT molecular complexity index is 514. The van der Waals surface area contributed by atoms with Crippen molar-refractivity contribution >= 4 is 41.3 Å². The minimum atomic E-state index is 0. The van der Waals surface area contributed by atoms with E-state index in [1.807, 2.05) is 7.05 Å². The zero-order chi connectivity index (χ0) is 16.8. The zero-order valence-corrected chi connectivity index (χ0v) is 18.7. The first-order chi connectivity index (χ1) is 11.7. The number of thiophene rings is 1. The van der Waals surface area contributed by atoms with Crippen LogP contribution in [0.1, 0.15) is 50.5 Å². The average Bonchev–Trinajstić information content (AvgIpc) is 3.34. The average molecular weight is 476 g/mol. The van der Waals surface area contributed by atoms with Crippen LogP contribution in [0.25, 0.3) is 0 Å². The van der Waals surface area contributed by atoms with Crippen molar-refractivity contribution in [3.63, 3.8) is 0 Å². The summed E-state index contributed by atoms with van der Waals surface area (Å²) in [5.41, 5.74) is 1.41. The number of rotatable bonds is 6. The Labute approximate surface area is 173 Å². The van der Waals surface area contributed by atoms with Crippen LogP contribution in [0.5, 0.6) is 0 Å².